The maximum absolute atomic E-state index is 9.43. The molecule has 0 saturated heterocycles. The van der Waals surface area contributed by atoms with Crippen molar-refractivity contribution in [2.75, 3.05) is 20.3 Å². The van der Waals surface area contributed by atoms with E-state index in [1.807, 2.05) is 12.1 Å². The molecule has 0 spiro atoms. The van der Waals surface area contributed by atoms with Gasteiger partial charge in [0.05, 0.1) is 22.8 Å². The summed E-state index contributed by atoms with van der Waals surface area (Å²) in [6.45, 7) is 1.70. The standard InChI is InChI=1S/C12H17Cl2NO2/c1-17-8-10(16)5-6-15-7-9-3-2-4-11(13)12(9)14/h2-4,10,15-16H,5-8H2,1H3. The van der Waals surface area contributed by atoms with E-state index in [0.29, 0.717) is 36.2 Å². The minimum absolute atomic E-state index is 0.361. The first-order valence-corrected chi connectivity index (χ1v) is 6.21. The number of hydrogen-bond acceptors (Lipinski definition) is 3. The first-order chi connectivity index (χ1) is 8.15. The van der Waals surface area contributed by atoms with E-state index in [1.54, 1.807) is 13.2 Å². The Morgan fingerprint density at radius 3 is 2.88 bits per heavy atom. The fraction of sp³-hybridized carbons (Fsp3) is 0.500. The third-order valence-electron chi connectivity index (χ3n) is 2.36. The summed E-state index contributed by atoms with van der Waals surface area (Å²) in [4.78, 5) is 0. The average Bonchev–Trinajstić information content (AvgIpc) is 2.30. The summed E-state index contributed by atoms with van der Waals surface area (Å²) in [7, 11) is 1.57. The third-order valence-corrected chi connectivity index (χ3v) is 3.22. The number of aliphatic hydroxyl groups is 1. The number of halogens is 2. The number of methoxy groups -OCH3 is 1. The zero-order chi connectivity index (χ0) is 12.7. The predicted octanol–water partition coefficient (Wildman–Crippen LogP) is 2.48. The van der Waals surface area contributed by atoms with Crippen molar-refractivity contribution >= 4 is 23.2 Å². The van der Waals surface area contributed by atoms with Gasteiger partial charge < -0.3 is 15.2 Å². The molecule has 0 bridgehead atoms. The lowest BCUT2D eigenvalue weighted by Crippen LogP contribution is -2.23. The Morgan fingerprint density at radius 2 is 2.18 bits per heavy atom. The molecule has 1 aromatic rings. The van der Waals surface area contributed by atoms with Gasteiger partial charge in [0.2, 0.25) is 0 Å². The minimum Gasteiger partial charge on any atom is -0.391 e. The molecule has 17 heavy (non-hydrogen) atoms. The second kappa shape index (κ2) is 7.90. The van der Waals surface area contributed by atoms with Gasteiger partial charge in [-0.1, -0.05) is 35.3 Å². The van der Waals surface area contributed by atoms with Gasteiger partial charge >= 0.3 is 0 Å². The van der Waals surface area contributed by atoms with Gasteiger partial charge in [-0.05, 0) is 24.6 Å². The lowest BCUT2D eigenvalue weighted by atomic mass is 10.2. The second-order valence-corrected chi connectivity index (χ2v) is 4.57. The molecule has 1 unspecified atom stereocenters. The molecule has 0 heterocycles. The van der Waals surface area contributed by atoms with Crippen LogP contribution in [-0.4, -0.2) is 31.5 Å². The molecule has 0 fully saturated rings. The van der Waals surface area contributed by atoms with E-state index in [4.69, 9.17) is 27.9 Å². The number of aliphatic hydroxyl groups excluding tert-OH is 1. The SMILES string of the molecule is COCC(O)CCNCc1cccc(Cl)c1Cl. The number of nitrogens with one attached hydrogen (secondary N) is 1. The Bertz CT molecular complexity index is 347. The van der Waals surface area contributed by atoms with Gasteiger partial charge in [-0.25, -0.2) is 0 Å². The molecule has 0 aliphatic heterocycles. The van der Waals surface area contributed by atoms with Crippen molar-refractivity contribution in [3.8, 4) is 0 Å². The fourth-order valence-corrected chi connectivity index (χ4v) is 1.84. The van der Waals surface area contributed by atoms with Crippen LogP contribution in [0.25, 0.3) is 0 Å². The zero-order valence-electron chi connectivity index (χ0n) is 9.75. The van der Waals surface area contributed by atoms with Crippen molar-refractivity contribution in [1.82, 2.24) is 5.32 Å². The maximum Gasteiger partial charge on any atom is 0.0785 e. The van der Waals surface area contributed by atoms with Crippen LogP contribution in [0, 0.1) is 0 Å². The van der Waals surface area contributed by atoms with Crippen LogP contribution >= 0.6 is 23.2 Å². The summed E-state index contributed by atoms with van der Waals surface area (Å²) >= 11 is 11.9. The van der Waals surface area contributed by atoms with Crippen molar-refractivity contribution < 1.29 is 9.84 Å². The van der Waals surface area contributed by atoms with Crippen molar-refractivity contribution in [2.24, 2.45) is 0 Å². The van der Waals surface area contributed by atoms with Crippen LogP contribution in [0.1, 0.15) is 12.0 Å². The number of hydrogen-bond donors (Lipinski definition) is 2. The highest BCUT2D eigenvalue weighted by molar-refractivity contribution is 6.42. The Hall–Kier alpha value is -0.320. The summed E-state index contributed by atoms with van der Waals surface area (Å²) in [6.07, 6.45) is 0.216. The summed E-state index contributed by atoms with van der Waals surface area (Å²) in [5.41, 5.74) is 0.959. The summed E-state index contributed by atoms with van der Waals surface area (Å²) in [5.74, 6) is 0. The molecule has 96 valence electrons. The first kappa shape index (κ1) is 14.7. The van der Waals surface area contributed by atoms with Gasteiger partial charge in [0.15, 0.2) is 0 Å². The van der Waals surface area contributed by atoms with Crippen LogP contribution in [0.4, 0.5) is 0 Å². The Labute approximate surface area is 112 Å². The summed E-state index contributed by atoms with van der Waals surface area (Å²) in [6, 6.07) is 5.55. The van der Waals surface area contributed by atoms with E-state index in [2.05, 4.69) is 5.32 Å². The Morgan fingerprint density at radius 1 is 1.41 bits per heavy atom. The lowest BCUT2D eigenvalue weighted by Gasteiger charge is -2.11. The summed E-state index contributed by atoms with van der Waals surface area (Å²) < 4.78 is 4.84. The predicted molar refractivity (Wildman–Crippen MR) is 70.7 cm³/mol. The van der Waals surface area contributed by atoms with Crippen molar-refractivity contribution in [1.29, 1.82) is 0 Å². The summed E-state index contributed by atoms with van der Waals surface area (Å²) in [5, 5.41) is 13.8. The fourth-order valence-electron chi connectivity index (χ4n) is 1.45. The van der Waals surface area contributed by atoms with Gasteiger partial charge in [0, 0.05) is 13.7 Å². The van der Waals surface area contributed by atoms with E-state index in [9.17, 15) is 5.11 Å². The number of ether oxygens (including phenoxy) is 1. The molecule has 1 aromatic carbocycles. The molecule has 0 aromatic heterocycles. The highest BCUT2D eigenvalue weighted by atomic mass is 35.5. The van der Waals surface area contributed by atoms with Crippen LogP contribution in [0.3, 0.4) is 0 Å². The molecule has 3 nitrogen and oxygen atoms in total. The van der Waals surface area contributed by atoms with Crippen LogP contribution in [0.15, 0.2) is 18.2 Å². The molecule has 0 aliphatic carbocycles. The molecule has 0 radical (unpaired) electrons. The molecule has 2 N–H and O–H groups in total. The van der Waals surface area contributed by atoms with Crippen LogP contribution in [0.5, 0.6) is 0 Å². The molecule has 1 atom stereocenters. The minimum atomic E-state index is -0.428. The van der Waals surface area contributed by atoms with E-state index in [1.165, 1.54) is 0 Å². The van der Waals surface area contributed by atoms with Gasteiger partial charge in [0.1, 0.15) is 0 Å². The second-order valence-electron chi connectivity index (χ2n) is 3.79. The largest absolute Gasteiger partial charge is 0.391 e. The molecule has 0 amide bonds. The van der Waals surface area contributed by atoms with Crippen LogP contribution in [-0.2, 0) is 11.3 Å². The number of rotatable bonds is 7. The van der Waals surface area contributed by atoms with Gasteiger partial charge in [-0.15, -0.1) is 0 Å². The maximum atomic E-state index is 9.43. The first-order valence-electron chi connectivity index (χ1n) is 5.45. The molecular formula is C12H17Cl2NO2. The normalized spacial score (nSPS) is 12.7. The molecule has 1 rings (SSSR count). The smallest absolute Gasteiger partial charge is 0.0785 e. The van der Waals surface area contributed by atoms with Crippen molar-refractivity contribution in [3.63, 3.8) is 0 Å². The topological polar surface area (TPSA) is 41.5 Å². The molecule has 0 aliphatic rings. The van der Waals surface area contributed by atoms with E-state index in [-0.39, 0.29) is 0 Å². The molecular weight excluding hydrogens is 261 g/mol. The van der Waals surface area contributed by atoms with Crippen LogP contribution in [0.2, 0.25) is 10.0 Å². The van der Waals surface area contributed by atoms with Gasteiger partial charge in [-0.3, -0.25) is 0 Å². The average molecular weight is 278 g/mol. The lowest BCUT2D eigenvalue weighted by molar-refractivity contribution is 0.0594. The van der Waals surface area contributed by atoms with E-state index in [0.717, 1.165) is 5.56 Å². The molecule has 0 saturated carbocycles. The highest BCUT2D eigenvalue weighted by Crippen LogP contribution is 2.25. The van der Waals surface area contributed by atoms with Gasteiger partial charge in [-0.2, -0.15) is 0 Å². The van der Waals surface area contributed by atoms with Gasteiger partial charge in [0.25, 0.3) is 0 Å². The third kappa shape index (κ3) is 5.23. The molecule has 5 heteroatoms. The quantitative estimate of drug-likeness (QED) is 0.753. The zero-order valence-corrected chi connectivity index (χ0v) is 11.3. The Kier molecular flexibility index (Phi) is 6.85. The van der Waals surface area contributed by atoms with Crippen LogP contribution < -0.4 is 5.32 Å². The van der Waals surface area contributed by atoms with E-state index < -0.39 is 6.10 Å². The van der Waals surface area contributed by atoms with E-state index >= 15 is 0 Å². The Balaban J connectivity index is 2.29. The number of benzene rings is 1. The monoisotopic (exact) mass is 277 g/mol. The highest BCUT2D eigenvalue weighted by Gasteiger charge is 2.05. The van der Waals surface area contributed by atoms with Crippen molar-refractivity contribution in [3.05, 3.63) is 33.8 Å². The van der Waals surface area contributed by atoms with Crippen molar-refractivity contribution in [2.45, 2.75) is 19.1 Å².